The molecule has 1 fully saturated rings. The van der Waals surface area contributed by atoms with Gasteiger partial charge in [-0.1, -0.05) is 0 Å². The summed E-state index contributed by atoms with van der Waals surface area (Å²) in [6, 6.07) is 5.97. The van der Waals surface area contributed by atoms with Gasteiger partial charge >= 0.3 is 0 Å². The predicted molar refractivity (Wildman–Crippen MR) is 90.5 cm³/mol. The van der Waals surface area contributed by atoms with Crippen LogP contribution in [0, 0.1) is 16.0 Å². The van der Waals surface area contributed by atoms with Crippen LogP contribution >= 0.6 is 12.4 Å². The highest BCUT2D eigenvalue weighted by Crippen LogP contribution is 2.32. The smallest absolute Gasteiger partial charge is 0.269 e. The van der Waals surface area contributed by atoms with Crippen LogP contribution in [0.5, 0.6) is 0 Å². The zero-order valence-electron chi connectivity index (χ0n) is 12.8. The summed E-state index contributed by atoms with van der Waals surface area (Å²) in [5.41, 5.74) is 6.77. The Morgan fingerprint density at radius 2 is 2.08 bits per heavy atom. The van der Waals surface area contributed by atoms with Crippen LogP contribution in [-0.4, -0.2) is 33.2 Å². The number of non-ortho nitro benzene ring substituents is 1. The molecule has 3 rings (SSSR count). The van der Waals surface area contributed by atoms with Gasteiger partial charge in [0.15, 0.2) is 0 Å². The SMILES string of the molecule is Cl.NCC(NC(=O)c1cnn(-c2ccc([N+](=O)[O-])cc2)c1)C1CC1. The maximum Gasteiger partial charge on any atom is 0.269 e. The first kappa shape index (κ1) is 17.9. The summed E-state index contributed by atoms with van der Waals surface area (Å²) < 4.78 is 1.51. The molecule has 128 valence electrons. The van der Waals surface area contributed by atoms with Gasteiger partial charge in [-0.05, 0) is 30.9 Å². The molecular weight excluding hydrogens is 334 g/mol. The van der Waals surface area contributed by atoms with Crippen molar-refractivity contribution < 1.29 is 9.72 Å². The van der Waals surface area contributed by atoms with E-state index in [0.29, 0.717) is 23.7 Å². The third-order valence-corrected chi connectivity index (χ3v) is 3.93. The minimum Gasteiger partial charge on any atom is -0.348 e. The van der Waals surface area contributed by atoms with E-state index in [1.807, 2.05) is 0 Å². The van der Waals surface area contributed by atoms with Crippen molar-refractivity contribution in [3.63, 3.8) is 0 Å². The molecule has 1 unspecified atom stereocenters. The summed E-state index contributed by atoms with van der Waals surface area (Å²) >= 11 is 0. The van der Waals surface area contributed by atoms with Gasteiger partial charge in [-0.15, -0.1) is 12.4 Å². The second kappa shape index (κ2) is 7.41. The third-order valence-electron chi connectivity index (χ3n) is 3.93. The summed E-state index contributed by atoms with van der Waals surface area (Å²) in [5, 5.41) is 17.7. The monoisotopic (exact) mass is 351 g/mol. The lowest BCUT2D eigenvalue weighted by Crippen LogP contribution is -2.41. The summed E-state index contributed by atoms with van der Waals surface area (Å²) in [6.07, 6.45) is 5.27. The number of halogens is 1. The number of aromatic nitrogens is 2. The van der Waals surface area contributed by atoms with Crippen LogP contribution in [0.1, 0.15) is 23.2 Å². The summed E-state index contributed by atoms with van der Waals surface area (Å²) in [4.78, 5) is 22.4. The van der Waals surface area contributed by atoms with Crippen LogP contribution < -0.4 is 11.1 Å². The fourth-order valence-corrected chi connectivity index (χ4v) is 2.43. The molecule has 1 atom stereocenters. The molecule has 0 spiro atoms. The number of hydrogen-bond acceptors (Lipinski definition) is 5. The fourth-order valence-electron chi connectivity index (χ4n) is 2.43. The molecule has 8 nitrogen and oxygen atoms in total. The van der Waals surface area contributed by atoms with E-state index in [-0.39, 0.29) is 30.0 Å². The number of nitrogens with two attached hydrogens (primary N) is 1. The molecule has 0 bridgehead atoms. The van der Waals surface area contributed by atoms with Crippen LogP contribution in [0.15, 0.2) is 36.7 Å². The number of hydrogen-bond donors (Lipinski definition) is 2. The van der Waals surface area contributed by atoms with Crippen molar-refractivity contribution in [1.29, 1.82) is 0 Å². The van der Waals surface area contributed by atoms with Crippen LogP contribution in [0.4, 0.5) is 5.69 Å². The van der Waals surface area contributed by atoms with Crippen LogP contribution in [0.3, 0.4) is 0 Å². The van der Waals surface area contributed by atoms with Crippen molar-refractivity contribution >= 4 is 24.0 Å². The molecule has 1 amide bonds. The number of rotatable bonds is 6. The number of nitrogens with one attached hydrogen (secondary N) is 1. The molecule has 1 aromatic heterocycles. The van der Waals surface area contributed by atoms with E-state index in [2.05, 4.69) is 10.4 Å². The molecule has 24 heavy (non-hydrogen) atoms. The number of benzene rings is 1. The van der Waals surface area contributed by atoms with Crippen molar-refractivity contribution in [3.05, 3.63) is 52.3 Å². The molecule has 0 saturated heterocycles. The highest BCUT2D eigenvalue weighted by molar-refractivity contribution is 5.94. The first-order chi connectivity index (χ1) is 11.1. The van der Waals surface area contributed by atoms with Crippen molar-refractivity contribution in [1.82, 2.24) is 15.1 Å². The quantitative estimate of drug-likeness (QED) is 0.606. The lowest BCUT2D eigenvalue weighted by atomic mass is 10.2. The number of carbonyl (C=O) groups excluding carboxylic acids is 1. The fraction of sp³-hybridized carbons (Fsp3) is 0.333. The standard InChI is InChI=1S/C15H17N5O3.ClH/c16-7-14(10-1-2-10)18-15(21)11-8-17-19(9-11)12-3-5-13(6-4-12)20(22)23;/h3-6,8-10,14H,1-2,7,16H2,(H,18,21);1H. The molecule has 2 aromatic rings. The average molecular weight is 352 g/mol. The van der Waals surface area contributed by atoms with Gasteiger partial charge in [0.05, 0.1) is 22.4 Å². The zero-order valence-corrected chi connectivity index (χ0v) is 13.6. The highest BCUT2D eigenvalue weighted by Gasteiger charge is 2.31. The molecule has 0 radical (unpaired) electrons. The number of nitro benzene ring substituents is 1. The Labute approximate surface area is 144 Å². The van der Waals surface area contributed by atoms with Crippen LogP contribution in [-0.2, 0) is 0 Å². The Bertz CT molecular complexity index is 727. The summed E-state index contributed by atoms with van der Waals surface area (Å²) in [7, 11) is 0. The van der Waals surface area contributed by atoms with Crippen molar-refractivity contribution in [2.45, 2.75) is 18.9 Å². The van der Waals surface area contributed by atoms with E-state index in [1.54, 1.807) is 18.3 Å². The Morgan fingerprint density at radius 3 is 2.62 bits per heavy atom. The number of amides is 1. The molecule has 1 heterocycles. The summed E-state index contributed by atoms with van der Waals surface area (Å²) in [5.74, 6) is 0.272. The predicted octanol–water partition coefficient (Wildman–Crippen LogP) is 1.67. The van der Waals surface area contributed by atoms with Gasteiger partial charge in [-0.2, -0.15) is 5.10 Å². The average Bonchev–Trinajstić information content (AvgIpc) is 3.28. The molecule has 3 N–H and O–H groups in total. The van der Waals surface area contributed by atoms with E-state index in [4.69, 9.17) is 5.73 Å². The molecule has 1 aliphatic carbocycles. The van der Waals surface area contributed by atoms with Gasteiger partial charge in [0.2, 0.25) is 0 Å². The molecule has 1 aromatic carbocycles. The van der Waals surface area contributed by atoms with Gasteiger partial charge in [0.1, 0.15) is 0 Å². The zero-order chi connectivity index (χ0) is 16.4. The lowest BCUT2D eigenvalue weighted by molar-refractivity contribution is -0.384. The van der Waals surface area contributed by atoms with E-state index in [9.17, 15) is 14.9 Å². The molecule has 1 saturated carbocycles. The topological polar surface area (TPSA) is 116 Å². The first-order valence-electron chi connectivity index (χ1n) is 7.39. The van der Waals surface area contributed by atoms with Crippen molar-refractivity contribution in [3.8, 4) is 5.69 Å². The van der Waals surface area contributed by atoms with E-state index < -0.39 is 4.92 Å². The van der Waals surface area contributed by atoms with Gasteiger partial charge in [0.25, 0.3) is 11.6 Å². The van der Waals surface area contributed by atoms with Gasteiger partial charge < -0.3 is 11.1 Å². The van der Waals surface area contributed by atoms with Crippen LogP contribution in [0.2, 0.25) is 0 Å². The van der Waals surface area contributed by atoms with E-state index >= 15 is 0 Å². The Hall–Kier alpha value is -2.45. The molecule has 0 aliphatic heterocycles. The Kier molecular flexibility index (Phi) is 5.53. The minimum atomic E-state index is -0.462. The largest absolute Gasteiger partial charge is 0.348 e. The highest BCUT2D eigenvalue weighted by atomic mass is 35.5. The Morgan fingerprint density at radius 1 is 1.42 bits per heavy atom. The molecule has 9 heteroatoms. The molecule has 1 aliphatic rings. The van der Waals surface area contributed by atoms with Crippen LogP contribution in [0.25, 0.3) is 5.69 Å². The maximum atomic E-state index is 12.2. The second-order valence-electron chi connectivity index (χ2n) is 5.60. The lowest BCUT2D eigenvalue weighted by Gasteiger charge is -2.14. The van der Waals surface area contributed by atoms with Gasteiger partial charge in [-0.3, -0.25) is 14.9 Å². The van der Waals surface area contributed by atoms with E-state index in [0.717, 1.165) is 12.8 Å². The number of carbonyl (C=O) groups is 1. The summed E-state index contributed by atoms with van der Waals surface area (Å²) in [6.45, 7) is 0.424. The molecular formula is C15H18ClN5O3. The van der Waals surface area contributed by atoms with Gasteiger partial charge in [-0.25, -0.2) is 4.68 Å². The first-order valence-corrected chi connectivity index (χ1v) is 7.39. The minimum absolute atomic E-state index is 0. The normalized spacial score (nSPS) is 14.5. The number of nitro groups is 1. The second-order valence-corrected chi connectivity index (χ2v) is 5.60. The Balaban J connectivity index is 0.00000208. The maximum absolute atomic E-state index is 12.2. The van der Waals surface area contributed by atoms with E-state index in [1.165, 1.54) is 23.0 Å². The van der Waals surface area contributed by atoms with Crippen molar-refractivity contribution in [2.24, 2.45) is 11.7 Å². The third kappa shape index (κ3) is 3.90. The number of nitrogens with zero attached hydrogens (tertiary/aromatic N) is 3. The van der Waals surface area contributed by atoms with Gasteiger partial charge in [0, 0.05) is 30.9 Å². The van der Waals surface area contributed by atoms with Crippen molar-refractivity contribution in [2.75, 3.05) is 6.54 Å².